The van der Waals surface area contributed by atoms with Gasteiger partial charge in [-0.15, -0.1) is 23.5 Å². The molecule has 12 heteroatoms. The van der Waals surface area contributed by atoms with E-state index in [1.807, 2.05) is 43.4 Å². The van der Waals surface area contributed by atoms with Crippen LogP contribution in [0.25, 0.3) is 0 Å². The van der Waals surface area contributed by atoms with E-state index in [4.69, 9.17) is 18.9 Å². The first-order valence-corrected chi connectivity index (χ1v) is 34.7. The molecule has 11 rings (SSSR count). The van der Waals surface area contributed by atoms with Crippen LogP contribution in [0.2, 0.25) is 0 Å². The Balaban J connectivity index is 0.954. The number of carbonyl (C=O) groups excluding carboxylic acids is 4. The fraction of sp³-hybridized carbons (Fsp3) is 0.632. The molecular formula is C76H96N2O8S2. The van der Waals surface area contributed by atoms with Gasteiger partial charge in [0.15, 0.2) is 23.0 Å². The number of hydrogen-bond donors (Lipinski definition) is 0. The molecule has 0 aromatic heterocycles. The van der Waals surface area contributed by atoms with E-state index in [2.05, 4.69) is 138 Å². The summed E-state index contributed by atoms with van der Waals surface area (Å²) in [6.07, 6.45) is 18.6. The third-order valence-electron chi connectivity index (χ3n) is 25.9. The van der Waals surface area contributed by atoms with Crippen molar-refractivity contribution in [2.24, 2.45) is 55.2 Å². The number of benzene rings is 3. The van der Waals surface area contributed by atoms with Gasteiger partial charge in [0.2, 0.25) is 0 Å². The second kappa shape index (κ2) is 21.9. The molecule has 0 aliphatic heterocycles. The number of esters is 4. The molecule has 8 aliphatic carbocycles. The van der Waals surface area contributed by atoms with Crippen molar-refractivity contribution in [1.82, 2.24) is 0 Å². The average Bonchev–Trinajstić information content (AvgIpc) is 0.740. The van der Waals surface area contributed by atoms with Gasteiger partial charge in [-0.1, -0.05) is 103 Å². The number of hydrogen-bond acceptors (Lipinski definition) is 12. The lowest BCUT2D eigenvalue weighted by Gasteiger charge is -2.70. The first kappa shape index (κ1) is 64.2. The number of nitrogens with zero attached hydrogens (tertiary/aromatic N) is 2. The van der Waals surface area contributed by atoms with E-state index in [9.17, 15) is 24.9 Å². The van der Waals surface area contributed by atoms with Crippen molar-refractivity contribution < 1.29 is 38.1 Å². The number of nitriles is 2. The van der Waals surface area contributed by atoms with E-state index >= 15 is 4.79 Å². The van der Waals surface area contributed by atoms with E-state index in [-0.39, 0.29) is 83.5 Å². The fourth-order valence-corrected chi connectivity index (χ4v) is 22.9. The van der Waals surface area contributed by atoms with Gasteiger partial charge in [-0.05, 0) is 227 Å². The lowest BCUT2D eigenvalue weighted by molar-refractivity contribution is -0.165. The molecule has 3 aromatic rings. The second-order valence-corrected chi connectivity index (χ2v) is 34.4. The van der Waals surface area contributed by atoms with Crippen molar-refractivity contribution in [2.45, 2.75) is 252 Å². The Kier molecular flexibility index (Phi) is 16.0. The highest BCUT2D eigenvalue weighted by Gasteiger charge is 2.70. The van der Waals surface area contributed by atoms with Gasteiger partial charge in [-0.2, -0.15) is 10.5 Å². The summed E-state index contributed by atoms with van der Waals surface area (Å²) < 4.78 is 24.8. The molecule has 0 spiro atoms. The Hall–Kier alpha value is -5.30. The third-order valence-corrected chi connectivity index (χ3v) is 28.2. The molecule has 2 unspecified atom stereocenters. The monoisotopic (exact) mass is 1230 g/mol. The normalized spacial score (nSPS) is 37.5. The SMILES string of the molecule is CC(=O)Oc1cc2c(c(C)c1OC(C)=O)C(SC(C)C)C=C1[C@@]2(C)CC[C@@]2(C)[C@@H]3C[C@](C)(C#N)CC[C@]3(CCC(=O)Oc3cc4c(c(C)c3OC(C)=O)C(Sc3ccc(C)cc3)C=C3[C@@]4(C)CC[C@@]4(C)[C@@H]5C[C@](C)(C#N)CC[C@]5(C)CC[C@]34C)CC[C@]12C. The summed E-state index contributed by atoms with van der Waals surface area (Å²) in [6.45, 7) is 36.4. The summed E-state index contributed by atoms with van der Waals surface area (Å²) in [5.41, 5.74) is 7.43. The maximum atomic E-state index is 15.2. The smallest absolute Gasteiger partial charge is 0.311 e. The Morgan fingerprint density at radius 2 is 1.02 bits per heavy atom. The number of ether oxygens (including phenoxy) is 4. The first-order chi connectivity index (χ1) is 41.1. The molecule has 88 heavy (non-hydrogen) atoms. The van der Waals surface area contributed by atoms with Crippen molar-refractivity contribution >= 4 is 47.4 Å². The van der Waals surface area contributed by atoms with Gasteiger partial charge < -0.3 is 18.9 Å². The third kappa shape index (κ3) is 9.97. The molecule has 3 aromatic carbocycles. The Bertz CT molecular complexity index is 3590. The molecular weight excluding hydrogens is 1130 g/mol. The fourth-order valence-electron chi connectivity index (χ4n) is 20.4. The van der Waals surface area contributed by atoms with Gasteiger partial charge in [0.05, 0.1) is 28.2 Å². The minimum absolute atomic E-state index is 0.0596. The number of aryl methyl sites for hydroxylation is 1. The van der Waals surface area contributed by atoms with Gasteiger partial charge in [0, 0.05) is 59.3 Å². The molecule has 0 N–H and O–H groups in total. The van der Waals surface area contributed by atoms with Gasteiger partial charge >= 0.3 is 23.9 Å². The molecule has 0 radical (unpaired) electrons. The van der Waals surface area contributed by atoms with Gasteiger partial charge in [-0.25, -0.2) is 0 Å². The standard InChI is InChI=1S/C76H96N2O8S2/c1-44(2)87-56-38-58-71(13,52-36-54(83-48(6)79)65(84-49(7)80)46(4)63(52)56)29-32-75(17)61-41-68(10,43-78)25-34-76(61,35-33-73(58,75)15)23-22-62(82)86-55-37-53-64(47(5)66(55)85-50(8)81)57(88-51-20-18-45(3)19-21-51)39-59-70(53,12)28-31-74(16)60-40-67(9,42-77)24-26-69(60,11)27-30-72(59,74)14/h18-21,36-39,44,56-57,60-61H,22-35,40-41H2,1-17H3/t56?,57?,60-,61+,67-,68-,69-,70+,71+,72-,73-,74+,75+,76-/m1/s1. The van der Waals surface area contributed by atoms with Gasteiger partial charge in [0.25, 0.3) is 0 Å². The summed E-state index contributed by atoms with van der Waals surface area (Å²) in [4.78, 5) is 55.0. The average molecular weight is 1230 g/mol. The number of thioether (sulfide) groups is 2. The summed E-state index contributed by atoms with van der Waals surface area (Å²) in [5, 5.41) is 21.7. The summed E-state index contributed by atoms with van der Waals surface area (Å²) in [7, 11) is 0. The van der Waals surface area contributed by atoms with E-state index in [1.54, 1.807) is 0 Å². The van der Waals surface area contributed by atoms with Crippen LogP contribution >= 0.6 is 23.5 Å². The topological polar surface area (TPSA) is 153 Å². The molecule has 8 aliphatic rings. The highest BCUT2D eigenvalue weighted by Crippen LogP contribution is 2.78. The van der Waals surface area contributed by atoms with E-state index < -0.39 is 34.2 Å². The molecule has 0 saturated heterocycles. The van der Waals surface area contributed by atoms with Crippen LogP contribution in [0.4, 0.5) is 0 Å². The van der Waals surface area contributed by atoms with Gasteiger partial charge in [-0.3, -0.25) is 19.2 Å². The van der Waals surface area contributed by atoms with Crippen LogP contribution in [-0.4, -0.2) is 29.1 Å². The largest absolute Gasteiger partial charge is 0.423 e. The maximum Gasteiger partial charge on any atom is 0.311 e. The van der Waals surface area contributed by atoms with Crippen LogP contribution < -0.4 is 18.9 Å². The quantitative estimate of drug-likeness (QED) is 0.102. The zero-order chi connectivity index (χ0) is 63.9. The van der Waals surface area contributed by atoms with E-state index in [0.29, 0.717) is 23.8 Å². The molecule has 10 nitrogen and oxygen atoms in total. The number of carbonyl (C=O) groups is 4. The summed E-state index contributed by atoms with van der Waals surface area (Å²) in [6, 6.07) is 18.4. The molecule has 0 bridgehead atoms. The van der Waals surface area contributed by atoms with Crippen LogP contribution in [-0.2, 0) is 30.0 Å². The number of allylic oxidation sites excluding steroid dienone is 2. The zero-order valence-corrected chi connectivity index (χ0v) is 57.4. The minimum Gasteiger partial charge on any atom is -0.423 e. The Morgan fingerprint density at radius 3 is 1.55 bits per heavy atom. The Morgan fingerprint density at radius 1 is 0.568 bits per heavy atom. The van der Waals surface area contributed by atoms with E-state index in [1.165, 1.54) is 37.5 Å². The summed E-state index contributed by atoms with van der Waals surface area (Å²) in [5.74, 6) is -0.176. The number of fused-ring (bicyclic) bond motifs is 14. The highest BCUT2D eigenvalue weighted by molar-refractivity contribution is 8.00. The predicted molar refractivity (Wildman–Crippen MR) is 349 cm³/mol. The number of rotatable bonds is 11. The second-order valence-electron chi connectivity index (χ2n) is 31.5. The van der Waals surface area contributed by atoms with Crippen molar-refractivity contribution in [3.8, 4) is 35.1 Å². The summed E-state index contributed by atoms with van der Waals surface area (Å²) >= 11 is 3.70. The lowest BCUT2D eigenvalue weighted by Crippen LogP contribution is -2.62. The highest BCUT2D eigenvalue weighted by atomic mass is 32.2. The molecule has 14 atom stereocenters. The maximum absolute atomic E-state index is 15.2. The van der Waals surface area contributed by atoms with E-state index in [0.717, 1.165) is 128 Å². The molecule has 6 fully saturated rings. The zero-order valence-electron chi connectivity index (χ0n) is 55.8. The molecule has 0 amide bonds. The molecule has 6 saturated carbocycles. The molecule has 470 valence electrons. The van der Waals surface area contributed by atoms with Crippen molar-refractivity contribution in [3.05, 3.63) is 98.6 Å². The molecule has 0 heterocycles. The predicted octanol–water partition coefficient (Wildman–Crippen LogP) is 19.0. The van der Waals surface area contributed by atoms with Crippen LogP contribution in [0, 0.1) is 98.6 Å². The Labute approximate surface area is 533 Å². The van der Waals surface area contributed by atoms with Crippen molar-refractivity contribution in [1.29, 1.82) is 10.5 Å². The van der Waals surface area contributed by atoms with Crippen LogP contribution in [0.1, 0.15) is 249 Å². The lowest BCUT2D eigenvalue weighted by atomic mass is 9.34. The van der Waals surface area contributed by atoms with Gasteiger partial charge in [0.1, 0.15) is 0 Å². The first-order valence-electron chi connectivity index (χ1n) is 32.9. The van der Waals surface area contributed by atoms with Crippen LogP contribution in [0.15, 0.2) is 64.6 Å². The van der Waals surface area contributed by atoms with Crippen LogP contribution in [0.5, 0.6) is 23.0 Å². The van der Waals surface area contributed by atoms with Crippen LogP contribution in [0.3, 0.4) is 0 Å². The van der Waals surface area contributed by atoms with Crippen molar-refractivity contribution in [2.75, 3.05) is 0 Å². The van der Waals surface area contributed by atoms with Crippen molar-refractivity contribution in [3.63, 3.8) is 0 Å². The minimum atomic E-state index is -0.541.